The summed E-state index contributed by atoms with van der Waals surface area (Å²) in [4.78, 5) is 15.3. The Labute approximate surface area is 197 Å². The predicted molar refractivity (Wildman–Crippen MR) is 129 cm³/mol. The maximum Gasteiger partial charge on any atom is 0.0501 e. The van der Waals surface area contributed by atoms with E-state index in [1.165, 1.54) is 5.56 Å². The van der Waals surface area contributed by atoms with Gasteiger partial charge in [-0.1, -0.05) is 94.8 Å². The molecule has 0 N–H and O–H groups in total. The Hall–Kier alpha value is -2.69. The van der Waals surface area contributed by atoms with E-state index in [0.29, 0.717) is 19.5 Å². The number of fused-ring (bicyclic) bond motifs is 1. The molecule has 1 heterocycles. The van der Waals surface area contributed by atoms with E-state index in [1.807, 2.05) is 48.5 Å². The third kappa shape index (κ3) is 3.72. The van der Waals surface area contributed by atoms with Gasteiger partial charge < -0.3 is 9.90 Å². The Morgan fingerprint density at radius 1 is 0.938 bits per heavy atom. The molecule has 0 aromatic heterocycles. The number of rotatable bonds is 5. The van der Waals surface area contributed by atoms with Crippen molar-refractivity contribution in [2.45, 2.75) is 18.9 Å². The summed E-state index contributed by atoms with van der Waals surface area (Å²) in [5.74, 6) is -1.18. The number of carboxylic acids is 1. The minimum absolute atomic E-state index is 0.112. The minimum atomic E-state index is -0.965. The van der Waals surface area contributed by atoms with Crippen molar-refractivity contribution in [3.63, 3.8) is 0 Å². The van der Waals surface area contributed by atoms with Crippen LogP contribution in [-0.2, 0) is 11.3 Å². The van der Waals surface area contributed by atoms with Crippen LogP contribution in [0.2, 0.25) is 0 Å². The van der Waals surface area contributed by atoms with E-state index < -0.39 is 11.4 Å². The zero-order chi connectivity index (χ0) is 22.1. The number of likely N-dealkylation sites (tertiary alicyclic amines) is 1. The van der Waals surface area contributed by atoms with Crippen molar-refractivity contribution >= 4 is 27.5 Å². The highest BCUT2D eigenvalue weighted by Gasteiger charge is 2.55. The molecule has 3 aromatic rings. The van der Waals surface area contributed by atoms with Crippen LogP contribution < -0.4 is 5.11 Å². The van der Waals surface area contributed by atoms with Gasteiger partial charge in [-0.15, -0.1) is 0 Å². The molecule has 3 atom stereocenters. The van der Waals surface area contributed by atoms with Gasteiger partial charge >= 0.3 is 0 Å². The summed E-state index contributed by atoms with van der Waals surface area (Å²) in [6, 6.07) is 28.6. The first-order valence-electron chi connectivity index (χ1n) is 11.1. The van der Waals surface area contributed by atoms with E-state index >= 15 is 0 Å². The standard InChI is InChI=1S/C28H26BrNO2/c29-23-13-11-21(12-14-23)24-15-16-25(22-9-5-2-6-10-22)28(27(31)32)19-30(18-26(24)28)17-20-7-3-1-4-8-20/h1-15,25-26H,16-19H2,(H,31,32)/p-1. The number of carbonyl (C=O) groups excluding carboxylic acids is 1. The van der Waals surface area contributed by atoms with E-state index in [2.05, 4.69) is 63.3 Å². The monoisotopic (exact) mass is 486 g/mol. The average Bonchev–Trinajstić information content (AvgIpc) is 3.21. The molecule has 162 valence electrons. The first-order chi connectivity index (χ1) is 15.6. The van der Waals surface area contributed by atoms with E-state index in [4.69, 9.17) is 0 Å². The fourth-order valence-electron chi connectivity index (χ4n) is 5.68. The van der Waals surface area contributed by atoms with Gasteiger partial charge in [-0.3, -0.25) is 4.90 Å². The SMILES string of the molecule is O=C([O-])C12CN(Cc3ccccc3)CC1C(c1ccc(Br)cc1)=CCC2c1ccccc1. The molecule has 3 aromatic carbocycles. The Kier molecular flexibility index (Phi) is 5.75. The van der Waals surface area contributed by atoms with E-state index in [0.717, 1.165) is 27.7 Å². The summed E-state index contributed by atoms with van der Waals surface area (Å²) in [6.45, 7) is 1.93. The first kappa shape index (κ1) is 21.2. The number of aliphatic carboxylic acids is 1. The van der Waals surface area contributed by atoms with Crippen molar-refractivity contribution in [2.75, 3.05) is 13.1 Å². The molecule has 0 radical (unpaired) electrons. The quantitative estimate of drug-likeness (QED) is 0.515. The van der Waals surface area contributed by atoms with Crippen LogP contribution in [0, 0.1) is 11.3 Å². The number of carbonyl (C=O) groups is 1. The summed E-state index contributed by atoms with van der Waals surface area (Å²) >= 11 is 3.51. The number of allylic oxidation sites excluding steroid dienone is 1. The van der Waals surface area contributed by atoms with Gasteiger partial charge in [-0.25, -0.2) is 0 Å². The van der Waals surface area contributed by atoms with E-state index in [-0.39, 0.29) is 11.8 Å². The molecule has 2 aliphatic rings. The fourth-order valence-corrected chi connectivity index (χ4v) is 5.95. The lowest BCUT2D eigenvalue weighted by atomic mass is 9.59. The van der Waals surface area contributed by atoms with Crippen LogP contribution in [0.25, 0.3) is 5.57 Å². The third-order valence-corrected chi connectivity index (χ3v) is 7.66. The van der Waals surface area contributed by atoms with Gasteiger partial charge in [-0.2, -0.15) is 0 Å². The molecule has 0 saturated carbocycles. The molecule has 0 bridgehead atoms. The Balaban J connectivity index is 1.59. The summed E-state index contributed by atoms with van der Waals surface area (Å²) < 4.78 is 1.02. The second-order valence-corrected chi connectivity index (χ2v) is 9.82. The second kappa shape index (κ2) is 8.68. The van der Waals surface area contributed by atoms with Crippen molar-refractivity contribution in [1.82, 2.24) is 4.90 Å². The molecule has 0 spiro atoms. The van der Waals surface area contributed by atoms with Gasteiger partial charge in [0.15, 0.2) is 0 Å². The van der Waals surface area contributed by atoms with Gasteiger partial charge in [0.25, 0.3) is 0 Å². The van der Waals surface area contributed by atoms with Crippen molar-refractivity contribution in [1.29, 1.82) is 0 Å². The zero-order valence-electron chi connectivity index (χ0n) is 17.8. The maximum atomic E-state index is 13.0. The van der Waals surface area contributed by atoms with Crippen molar-refractivity contribution < 1.29 is 9.90 Å². The molecular formula is C28H25BrNO2-. The van der Waals surface area contributed by atoms with Crippen LogP contribution in [0.15, 0.2) is 95.5 Å². The third-order valence-electron chi connectivity index (χ3n) is 7.13. The fraction of sp³-hybridized carbons (Fsp3) is 0.250. The highest BCUT2D eigenvalue weighted by molar-refractivity contribution is 9.10. The molecule has 4 heteroatoms. The number of benzene rings is 3. The number of hydrogen-bond acceptors (Lipinski definition) is 3. The molecule has 3 nitrogen and oxygen atoms in total. The van der Waals surface area contributed by atoms with Gasteiger partial charge in [-0.05, 0) is 40.8 Å². The smallest absolute Gasteiger partial charge is 0.0501 e. The molecular weight excluding hydrogens is 462 g/mol. The molecule has 1 aliphatic carbocycles. The number of hydrogen-bond donors (Lipinski definition) is 0. The van der Waals surface area contributed by atoms with Crippen molar-refractivity contribution in [3.05, 3.63) is 112 Å². The molecule has 32 heavy (non-hydrogen) atoms. The second-order valence-electron chi connectivity index (χ2n) is 8.90. The summed E-state index contributed by atoms with van der Waals surface area (Å²) in [5.41, 5.74) is 3.54. The lowest BCUT2D eigenvalue weighted by molar-refractivity contribution is -0.321. The van der Waals surface area contributed by atoms with Crippen LogP contribution in [0.3, 0.4) is 0 Å². The van der Waals surface area contributed by atoms with Gasteiger partial charge in [0.05, 0.1) is 5.97 Å². The van der Waals surface area contributed by atoms with Crippen LogP contribution in [0.4, 0.5) is 0 Å². The Bertz CT molecular complexity index is 1130. The van der Waals surface area contributed by atoms with Crippen LogP contribution in [-0.4, -0.2) is 24.0 Å². The number of nitrogens with zero attached hydrogens (tertiary/aromatic N) is 1. The van der Waals surface area contributed by atoms with E-state index in [9.17, 15) is 9.90 Å². The largest absolute Gasteiger partial charge is 0.549 e. The summed E-state index contributed by atoms with van der Waals surface area (Å²) in [6.07, 6.45) is 2.96. The predicted octanol–water partition coefficient (Wildman–Crippen LogP) is 4.89. The maximum absolute atomic E-state index is 13.0. The molecule has 5 rings (SSSR count). The van der Waals surface area contributed by atoms with Crippen molar-refractivity contribution in [3.8, 4) is 0 Å². The van der Waals surface area contributed by atoms with Crippen molar-refractivity contribution in [2.24, 2.45) is 11.3 Å². The van der Waals surface area contributed by atoms with Gasteiger partial charge in [0.2, 0.25) is 0 Å². The van der Waals surface area contributed by atoms with Crippen LogP contribution in [0.1, 0.15) is 29.0 Å². The molecule has 1 aliphatic heterocycles. The lowest BCUT2D eigenvalue weighted by Crippen LogP contribution is -2.53. The Morgan fingerprint density at radius 3 is 2.25 bits per heavy atom. The zero-order valence-corrected chi connectivity index (χ0v) is 19.4. The minimum Gasteiger partial charge on any atom is -0.549 e. The van der Waals surface area contributed by atoms with Gasteiger partial charge in [0, 0.05) is 41.4 Å². The van der Waals surface area contributed by atoms with Crippen LogP contribution >= 0.6 is 15.9 Å². The highest BCUT2D eigenvalue weighted by Crippen LogP contribution is 2.56. The number of carboxylic acid groups (broad SMARTS) is 1. The molecule has 3 unspecified atom stereocenters. The molecule has 0 amide bonds. The van der Waals surface area contributed by atoms with E-state index in [1.54, 1.807) is 0 Å². The summed E-state index contributed by atoms with van der Waals surface area (Å²) in [5, 5.41) is 13.0. The molecule has 1 saturated heterocycles. The Morgan fingerprint density at radius 2 is 1.59 bits per heavy atom. The van der Waals surface area contributed by atoms with Gasteiger partial charge in [0.1, 0.15) is 0 Å². The summed E-state index contributed by atoms with van der Waals surface area (Å²) in [7, 11) is 0. The average molecular weight is 487 g/mol. The van der Waals surface area contributed by atoms with Crippen LogP contribution in [0.5, 0.6) is 0 Å². The lowest BCUT2D eigenvalue weighted by Gasteiger charge is -2.46. The normalized spacial score (nSPS) is 25.2. The topological polar surface area (TPSA) is 43.4 Å². The first-order valence-corrected chi connectivity index (χ1v) is 11.9. The number of halogens is 1. The highest BCUT2D eigenvalue weighted by atomic mass is 79.9. The molecule has 1 fully saturated rings.